The second kappa shape index (κ2) is 10.1. The van der Waals surface area contributed by atoms with Crippen LogP contribution in [0, 0.1) is 0 Å². The quantitative estimate of drug-likeness (QED) is 0.770. The first-order valence-electron chi connectivity index (χ1n) is 10.4. The third kappa shape index (κ3) is 5.37. The Labute approximate surface area is 173 Å². The largest absolute Gasteiger partial charge is 0.497 e. The van der Waals surface area contributed by atoms with E-state index < -0.39 is 0 Å². The van der Waals surface area contributed by atoms with Crippen LogP contribution >= 0.6 is 0 Å². The van der Waals surface area contributed by atoms with Crippen LogP contribution in [-0.2, 0) is 6.42 Å². The summed E-state index contributed by atoms with van der Waals surface area (Å²) in [6.45, 7) is 3.45. The van der Waals surface area contributed by atoms with Crippen LogP contribution in [0.15, 0.2) is 48.5 Å². The Hall–Kier alpha value is -2.82. The highest BCUT2D eigenvalue weighted by Gasteiger charge is 2.26. The lowest BCUT2D eigenvalue weighted by Crippen LogP contribution is -2.43. The number of carbonyl (C=O) groups excluding carboxylic acids is 2. The average Bonchev–Trinajstić information content (AvgIpc) is 2.78. The fourth-order valence-electron chi connectivity index (χ4n) is 3.90. The van der Waals surface area contributed by atoms with Crippen LogP contribution in [-0.4, -0.2) is 43.0 Å². The van der Waals surface area contributed by atoms with Crippen molar-refractivity contribution < 1.29 is 14.3 Å². The summed E-state index contributed by atoms with van der Waals surface area (Å²) in [4.78, 5) is 27.5. The first-order chi connectivity index (χ1) is 14.1. The highest BCUT2D eigenvalue weighted by atomic mass is 16.5. The number of hydrogen-bond acceptors (Lipinski definition) is 3. The van der Waals surface area contributed by atoms with Gasteiger partial charge in [-0.3, -0.25) is 9.59 Å². The van der Waals surface area contributed by atoms with Crippen LogP contribution in [0.4, 0.5) is 0 Å². The van der Waals surface area contributed by atoms with E-state index >= 15 is 0 Å². The molecule has 1 heterocycles. The smallest absolute Gasteiger partial charge is 0.254 e. The van der Waals surface area contributed by atoms with E-state index in [0.717, 1.165) is 37.1 Å². The Balaban J connectivity index is 1.60. The molecule has 1 unspecified atom stereocenters. The maximum Gasteiger partial charge on any atom is 0.254 e. The van der Waals surface area contributed by atoms with Gasteiger partial charge in [-0.25, -0.2) is 0 Å². The zero-order chi connectivity index (χ0) is 20.6. The molecule has 1 fully saturated rings. The third-order valence-corrected chi connectivity index (χ3v) is 5.56. The number of nitrogens with zero attached hydrogens (tertiary/aromatic N) is 1. The summed E-state index contributed by atoms with van der Waals surface area (Å²) < 4.78 is 5.23. The molecule has 0 spiro atoms. The van der Waals surface area contributed by atoms with Crippen molar-refractivity contribution >= 4 is 11.8 Å². The van der Waals surface area contributed by atoms with Crippen molar-refractivity contribution in [2.24, 2.45) is 0 Å². The Morgan fingerprint density at radius 3 is 2.69 bits per heavy atom. The summed E-state index contributed by atoms with van der Waals surface area (Å²) in [6, 6.07) is 15.2. The molecule has 5 nitrogen and oxygen atoms in total. The summed E-state index contributed by atoms with van der Waals surface area (Å²) in [5.41, 5.74) is 2.21. The average molecular weight is 395 g/mol. The zero-order valence-corrected chi connectivity index (χ0v) is 17.3. The number of nitrogens with one attached hydrogen (secondary N) is 1. The van der Waals surface area contributed by atoms with Gasteiger partial charge >= 0.3 is 0 Å². The van der Waals surface area contributed by atoms with Crippen molar-refractivity contribution in [2.45, 2.75) is 45.1 Å². The Kier molecular flexibility index (Phi) is 7.28. The number of methoxy groups -OCH3 is 1. The second-order valence-corrected chi connectivity index (χ2v) is 7.49. The number of rotatable bonds is 7. The standard InChI is InChI=1S/C24H30N2O3/c1-3-21-11-4-5-15-26(21)24(28)20-10-7-9-19(17-20)23(27)25-14-13-18-8-6-12-22(16-18)29-2/h6-10,12,16-17,21H,3-5,11,13-15H2,1-2H3,(H,25,27). The van der Waals surface area contributed by atoms with Crippen LogP contribution in [0.2, 0.25) is 0 Å². The van der Waals surface area contributed by atoms with Crippen LogP contribution in [0.5, 0.6) is 5.75 Å². The fraction of sp³-hybridized carbons (Fsp3) is 0.417. The maximum atomic E-state index is 13.0. The second-order valence-electron chi connectivity index (χ2n) is 7.49. The summed E-state index contributed by atoms with van der Waals surface area (Å²) in [6.07, 6.45) is 4.97. The SMILES string of the molecule is CCC1CCCCN1C(=O)c1cccc(C(=O)NCCc2cccc(OC)c2)c1. The normalized spacial score (nSPS) is 16.3. The molecular formula is C24H30N2O3. The van der Waals surface area contributed by atoms with E-state index in [-0.39, 0.29) is 11.8 Å². The van der Waals surface area contributed by atoms with Gasteiger partial charge in [0.15, 0.2) is 0 Å². The molecule has 2 aromatic carbocycles. The lowest BCUT2D eigenvalue weighted by molar-refractivity contribution is 0.0608. The minimum Gasteiger partial charge on any atom is -0.497 e. The molecule has 0 bridgehead atoms. The number of likely N-dealkylation sites (tertiary alicyclic amines) is 1. The van der Waals surface area contributed by atoms with Gasteiger partial charge in [-0.2, -0.15) is 0 Å². The van der Waals surface area contributed by atoms with Crippen LogP contribution in [0.25, 0.3) is 0 Å². The van der Waals surface area contributed by atoms with Crippen molar-refractivity contribution in [1.29, 1.82) is 0 Å². The number of ether oxygens (including phenoxy) is 1. The molecule has 1 atom stereocenters. The zero-order valence-electron chi connectivity index (χ0n) is 17.3. The summed E-state index contributed by atoms with van der Waals surface area (Å²) in [5, 5.41) is 2.95. The molecule has 0 saturated carbocycles. The van der Waals surface area contributed by atoms with Crippen molar-refractivity contribution in [1.82, 2.24) is 10.2 Å². The van der Waals surface area contributed by atoms with Gasteiger partial charge in [-0.15, -0.1) is 0 Å². The molecule has 0 radical (unpaired) electrons. The lowest BCUT2D eigenvalue weighted by Gasteiger charge is -2.35. The molecule has 1 aliphatic rings. The Bertz CT molecular complexity index is 850. The maximum absolute atomic E-state index is 13.0. The fourth-order valence-corrected chi connectivity index (χ4v) is 3.90. The number of benzene rings is 2. The van der Waals surface area contributed by atoms with Gasteiger partial charge in [-0.05, 0) is 68.0 Å². The van der Waals surface area contributed by atoms with E-state index in [2.05, 4.69) is 12.2 Å². The Morgan fingerprint density at radius 2 is 1.90 bits per heavy atom. The molecule has 1 saturated heterocycles. The predicted molar refractivity (Wildman–Crippen MR) is 114 cm³/mol. The molecule has 2 aromatic rings. The van der Waals surface area contributed by atoms with Crippen LogP contribution in [0.1, 0.15) is 58.9 Å². The van der Waals surface area contributed by atoms with E-state index in [1.165, 1.54) is 6.42 Å². The van der Waals surface area contributed by atoms with Gasteiger partial charge in [-0.1, -0.05) is 25.1 Å². The monoisotopic (exact) mass is 394 g/mol. The number of carbonyl (C=O) groups is 2. The minimum absolute atomic E-state index is 0.0302. The molecule has 1 N–H and O–H groups in total. The minimum atomic E-state index is -0.159. The van der Waals surface area contributed by atoms with Crippen LogP contribution in [0.3, 0.4) is 0 Å². The van der Waals surface area contributed by atoms with E-state index in [9.17, 15) is 9.59 Å². The van der Waals surface area contributed by atoms with Crippen molar-refractivity contribution in [3.05, 3.63) is 65.2 Å². The topological polar surface area (TPSA) is 58.6 Å². The third-order valence-electron chi connectivity index (χ3n) is 5.56. The number of piperidine rings is 1. The lowest BCUT2D eigenvalue weighted by atomic mass is 9.98. The van der Waals surface area contributed by atoms with Gasteiger partial charge in [0.05, 0.1) is 7.11 Å². The summed E-state index contributed by atoms with van der Waals surface area (Å²) >= 11 is 0. The van der Waals surface area contributed by atoms with Crippen LogP contribution < -0.4 is 10.1 Å². The van der Waals surface area contributed by atoms with E-state index in [4.69, 9.17) is 4.74 Å². The van der Waals surface area contributed by atoms with Gasteiger partial charge in [0.25, 0.3) is 11.8 Å². The van der Waals surface area contributed by atoms with Gasteiger partial charge in [0.2, 0.25) is 0 Å². The molecule has 1 aliphatic heterocycles. The van der Waals surface area contributed by atoms with E-state index in [1.54, 1.807) is 31.4 Å². The highest BCUT2D eigenvalue weighted by molar-refractivity contribution is 5.99. The van der Waals surface area contributed by atoms with Crippen molar-refractivity contribution in [2.75, 3.05) is 20.2 Å². The molecule has 154 valence electrons. The van der Waals surface area contributed by atoms with Gasteiger partial charge in [0.1, 0.15) is 5.75 Å². The molecule has 29 heavy (non-hydrogen) atoms. The first kappa shape index (κ1) is 20.9. The highest BCUT2D eigenvalue weighted by Crippen LogP contribution is 2.22. The molecule has 3 rings (SSSR count). The molecule has 5 heteroatoms. The first-order valence-corrected chi connectivity index (χ1v) is 10.4. The van der Waals surface area contributed by atoms with E-state index in [0.29, 0.717) is 30.1 Å². The summed E-state index contributed by atoms with van der Waals surface area (Å²) in [5.74, 6) is 0.680. The molecule has 0 aliphatic carbocycles. The molecule has 0 aromatic heterocycles. The van der Waals surface area contributed by atoms with Gasteiger partial charge < -0.3 is 15.0 Å². The molecule has 2 amide bonds. The number of hydrogen-bond donors (Lipinski definition) is 1. The van der Waals surface area contributed by atoms with E-state index in [1.807, 2.05) is 29.2 Å². The molecular weight excluding hydrogens is 364 g/mol. The Morgan fingerprint density at radius 1 is 1.10 bits per heavy atom. The van der Waals surface area contributed by atoms with Crippen molar-refractivity contribution in [3.63, 3.8) is 0 Å². The van der Waals surface area contributed by atoms with Gasteiger partial charge in [0, 0.05) is 30.3 Å². The van der Waals surface area contributed by atoms with Crippen molar-refractivity contribution in [3.8, 4) is 5.75 Å². The predicted octanol–water partition coefficient (Wildman–Crippen LogP) is 4.07. The number of amides is 2. The summed E-state index contributed by atoms with van der Waals surface area (Å²) in [7, 11) is 1.64.